The molecule has 9 nitrogen and oxygen atoms in total. The fourth-order valence-electron chi connectivity index (χ4n) is 6.24. The second-order valence-corrected chi connectivity index (χ2v) is 12.1. The summed E-state index contributed by atoms with van der Waals surface area (Å²) >= 11 is 0. The van der Waals surface area contributed by atoms with Crippen LogP contribution in [-0.4, -0.2) is 59.4 Å². The van der Waals surface area contributed by atoms with Crippen LogP contribution in [0.25, 0.3) is 0 Å². The number of rotatable bonds is 9. The van der Waals surface area contributed by atoms with Gasteiger partial charge in [-0.3, -0.25) is 14.4 Å². The second kappa shape index (κ2) is 10.7. The number of amides is 2. The monoisotopic (exact) mass is 534 g/mol. The van der Waals surface area contributed by atoms with Crippen molar-refractivity contribution in [2.24, 2.45) is 23.2 Å². The van der Waals surface area contributed by atoms with Gasteiger partial charge in [-0.2, -0.15) is 0 Å². The Labute approximate surface area is 222 Å². The predicted octanol–water partition coefficient (Wildman–Crippen LogP) is 3.28. The number of nitrogens with one attached hydrogen (secondary N) is 2. The Hall–Kier alpha value is -2.88. The number of carboxylic acids is 1. The van der Waals surface area contributed by atoms with Crippen LogP contribution < -0.4 is 20.1 Å². The molecule has 3 aliphatic carbocycles. The third-order valence-corrected chi connectivity index (χ3v) is 8.56. The van der Waals surface area contributed by atoms with E-state index in [1.54, 1.807) is 20.8 Å². The molecule has 210 valence electrons. The van der Waals surface area contributed by atoms with Gasteiger partial charge >= 0.3 is 5.97 Å². The molecule has 0 aromatic heterocycles. The van der Waals surface area contributed by atoms with E-state index in [1.165, 1.54) is 13.2 Å². The predicted molar refractivity (Wildman–Crippen MR) is 136 cm³/mol. The molecule has 0 saturated heterocycles. The Morgan fingerprint density at radius 3 is 2.37 bits per heavy atom. The Kier molecular flexibility index (Phi) is 7.93. The van der Waals surface area contributed by atoms with Gasteiger partial charge < -0.3 is 30.3 Å². The molecule has 0 radical (unpaired) electrons. The van der Waals surface area contributed by atoms with Crippen molar-refractivity contribution < 1.29 is 38.5 Å². The molecule has 0 aliphatic heterocycles. The van der Waals surface area contributed by atoms with E-state index < -0.39 is 34.6 Å². The van der Waals surface area contributed by atoms with Crippen LogP contribution in [-0.2, 0) is 9.59 Å². The molecule has 0 spiro atoms. The number of fused-ring (bicyclic) bond motifs is 2. The molecule has 1 aromatic carbocycles. The first-order valence-corrected chi connectivity index (χ1v) is 13.4. The fraction of sp³-hybridized carbons (Fsp3) is 0.679. The summed E-state index contributed by atoms with van der Waals surface area (Å²) in [4.78, 5) is 38.0. The zero-order valence-corrected chi connectivity index (χ0v) is 22.5. The average molecular weight is 535 g/mol. The lowest BCUT2D eigenvalue weighted by molar-refractivity contribution is -0.150. The van der Waals surface area contributed by atoms with E-state index in [0.29, 0.717) is 25.7 Å². The number of carbonyl (C=O) groups excluding carboxylic acids is 2. The van der Waals surface area contributed by atoms with Gasteiger partial charge in [-0.15, -0.1) is 0 Å². The third kappa shape index (κ3) is 5.90. The van der Waals surface area contributed by atoms with Crippen LogP contribution in [0.15, 0.2) is 12.1 Å². The molecule has 1 aromatic rings. The maximum Gasteiger partial charge on any atom is 0.309 e. The molecular formula is C28H39FN2O7. The number of aliphatic carboxylic acids is 1. The number of carboxylic acid groups (broad SMARTS) is 1. The minimum absolute atomic E-state index is 0.0561. The number of aliphatic hydroxyl groups is 1. The van der Waals surface area contributed by atoms with Crippen LogP contribution in [0.3, 0.4) is 0 Å². The van der Waals surface area contributed by atoms with Crippen LogP contribution in [0.4, 0.5) is 4.39 Å². The van der Waals surface area contributed by atoms with Gasteiger partial charge in [0.2, 0.25) is 5.91 Å². The van der Waals surface area contributed by atoms with Gasteiger partial charge in [-0.1, -0.05) is 0 Å². The first kappa shape index (κ1) is 28.1. The number of hydrogen-bond donors (Lipinski definition) is 4. The minimum Gasteiger partial charge on any atom is -0.496 e. The summed E-state index contributed by atoms with van der Waals surface area (Å²) in [6.07, 6.45) is 4.06. The molecule has 4 N–H and O–H groups in total. The summed E-state index contributed by atoms with van der Waals surface area (Å²) in [5.41, 5.74) is -1.76. The highest BCUT2D eigenvalue weighted by Gasteiger charge is 2.51. The molecule has 3 aliphatic rings. The van der Waals surface area contributed by atoms with Gasteiger partial charge in [-0.25, -0.2) is 4.39 Å². The highest BCUT2D eigenvalue weighted by molar-refractivity contribution is 5.98. The first-order valence-electron chi connectivity index (χ1n) is 13.4. The summed E-state index contributed by atoms with van der Waals surface area (Å²) in [5.74, 6) is -2.32. The molecule has 3 fully saturated rings. The van der Waals surface area contributed by atoms with Crippen molar-refractivity contribution in [3.63, 3.8) is 0 Å². The quantitative estimate of drug-likeness (QED) is 0.382. The van der Waals surface area contributed by atoms with Gasteiger partial charge in [0.05, 0.1) is 35.7 Å². The normalized spacial score (nSPS) is 30.5. The number of halogens is 1. The molecule has 2 bridgehead atoms. The molecule has 0 heterocycles. The van der Waals surface area contributed by atoms with Crippen molar-refractivity contribution in [3.8, 4) is 11.5 Å². The van der Waals surface area contributed by atoms with Crippen LogP contribution in [0, 0.1) is 29.0 Å². The van der Waals surface area contributed by atoms with E-state index in [1.807, 2.05) is 0 Å². The third-order valence-electron chi connectivity index (χ3n) is 8.56. The van der Waals surface area contributed by atoms with Gasteiger partial charge in [-0.05, 0) is 83.6 Å². The van der Waals surface area contributed by atoms with Crippen molar-refractivity contribution in [1.82, 2.24) is 10.6 Å². The van der Waals surface area contributed by atoms with Gasteiger partial charge in [0, 0.05) is 18.7 Å². The van der Waals surface area contributed by atoms with E-state index in [2.05, 4.69) is 10.6 Å². The number of methoxy groups -OCH3 is 1. The Balaban J connectivity index is 1.48. The lowest BCUT2D eigenvalue weighted by Crippen LogP contribution is -2.51. The van der Waals surface area contributed by atoms with Gasteiger partial charge in [0.25, 0.3) is 5.91 Å². The van der Waals surface area contributed by atoms with E-state index in [9.17, 15) is 29.0 Å². The second-order valence-electron chi connectivity index (χ2n) is 12.1. The summed E-state index contributed by atoms with van der Waals surface area (Å²) in [7, 11) is 1.35. The lowest BCUT2D eigenvalue weighted by atomic mass is 9.75. The molecule has 4 atom stereocenters. The maximum atomic E-state index is 14.9. The highest BCUT2D eigenvalue weighted by atomic mass is 19.1. The summed E-state index contributed by atoms with van der Waals surface area (Å²) in [5, 5.41) is 25.3. The van der Waals surface area contributed by atoms with Gasteiger partial charge in [0.15, 0.2) is 11.6 Å². The minimum atomic E-state index is -1.05. The standard InChI is InChI=1S/C28H39FN2O7/c1-27(2,36)14-30-25(33)22-15-5-6-16(11-15)23(22)31-24(32)18-12-21(19(29)13-20(18)37-4)38-17-7-9-28(3,10-8-17)26(34)35/h12-13,15-17,22-23,36H,5-11,14H2,1-4H3,(H,30,33)(H,31,32)(H,34,35)/t15-,16+,17?,22+,23-,28?/m1/s1. The van der Waals surface area contributed by atoms with Crippen molar-refractivity contribution in [2.45, 2.75) is 83.5 Å². The SMILES string of the molecule is COc1cc(F)c(OC2CCC(C)(C(=O)O)CC2)cc1C(=O)N[C@@H]1[C@H]2CC[C@H](C2)[C@@H]1C(=O)NCC(C)(C)O. The van der Waals surface area contributed by atoms with Crippen molar-refractivity contribution in [2.75, 3.05) is 13.7 Å². The van der Waals surface area contributed by atoms with Gasteiger partial charge in [0.1, 0.15) is 5.75 Å². The molecule has 0 unspecified atom stereocenters. The molecule has 10 heteroatoms. The zero-order valence-electron chi connectivity index (χ0n) is 22.5. The summed E-state index contributed by atoms with van der Waals surface area (Å²) in [6, 6.07) is 2.06. The lowest BCUT2D eigenvalue weighted by Gasteiger charge is -2.34. The van der Waals surface area contributed by atoms with Crippen LogP contribution in [0.2, 0.25) is 0 Å². The topological polar surface area (TPSA) is 134 Å². The molecule has 3 saturated carbocycles. The maximum absolute atomic E-state index is 14.9. The number of hydrogen-bond acceptors (Lipinski definition) is 6. The number of carbonyl (C=O) groups is 3. The Morgan fingerprint density at radius 2 is 1.76 bits per heavy atom. The van der Waals surface area contributed by atoms with Crippen LogP contribution in [0.5, 0.6) is 11.5 Å². The number of benzene rings is 1. The molecule has 4 rings (SSSR count). The van der Waals surface area contributed by atoms with Crippen LogP contribution in [0.1, 0.15) is 76.1 Å². The largest absolute Gasteiger partial charge is 0.496 e. The van der Waals surface area contributed by atoms with E-state index in [-0.39, 0.29) is 53.5 Å². The zero-order chi connectivity index (χ0) is 27.8. The van der Waals surface area contributed by atoms with E-state index in [0.717, 1.165) is 25.3 Å². The molecular weight excluding hydrogens is 495 g/mol. The molecule has 38 heavy (non-hydrogen) atoms. The van der Waals surface area contributed by atoms with Crippen molar-refractivity contribution in [3.05, 3.63) is 23.5 Å². The highest BCUT2D eigenvalue weighted by Crippen LogP contribution is 2.49. The summed E-state index contributed by atoms with van der Waals surface area (Å²) in [6.45, 7) is 5.05. The van der Waals surface area contributed by atoms with Crippen molar-refractivity contribution in [1.29, 1.82) is 0 Å². The molecule has 2 amide bonds. The van der Waals surface area contributed by atoms with E-state index in [4.69, 9.17) is 9.47 Å². The van der Waals surface area contributed by atoms with Crippen LogP contribution >= 0.6 is 0 Å². The van der Waals surface area contributed by atoms with E-state index >= 15 is 0 Å². The smallest absolute Gasteiger partial charge is 0.309 e. The first-order chi connectivity index (χ1) is 17.8. The fourth-order valence-corrected chi connectivity index (χ4v) is 6.24. The Bertz CT molecular complexity index is 1080. The average Bonchev–Trinajstić information content (AvgIpc) is 3.46. The summed E-state index contributed by atoms with van der Waals surface area (Å²) < 4.78 is 26.1. The number of ether oxygens (including phenoxy) is 2. The van der Waals surface area contributed by atoms with Crippen molar-refractivity contribution >= 4 is 17.8 Å². The Morgan fingerprint density at radius 1 is 1.11 bits per heavy atom.